The highest BCUT2D eigenvalue weighted by atomic mass is 19.1. The molecule has 1 aromatic heterocycles. The molecule has 4 nitrogen and oxygen atoms in total. The highest BCUT2D eigenvalue weighted by molar-refractivity contribution is 5.95. The number of carbonyl (C=O) groups excluding carboxylic acids is 1. The SMILES string of the molecule is CCC1(C)CCN(C(=O)c2ccnc(NC)c2F)CC1. The number of nitrogens with zero attached hydrogens (tertiary/aromatic N) is 2. The van der Waals surface area contributed by atoms with Crippen LogP contribution in [0.5, 0.6) is 0 Å². The lowest BCUT2D eigenvalue weighted by atomic mass is 9.78. The van der Waals surface area contributed by atoms with E-state index in [0.29, 0.717) is 18.5 Å². The largest absolute Gasteiger partial charge is 0.371 e. The second-order valence-corrected chi connectivity index (χ2v) is 5.73. The van der Waals surface area contributed by atoms with Crippen LogP contribution >= 0.6 is 0 Å². The van der Waals surface area contributed by atoms with Crippen molar-refractivity contribution in [2.45, 2.75) is 33.1 Å². The van der Waals surface area contributed by atoms with Gasteiger partial charge in [0, 0.05) is 26.3 Å². The van der Waals surface area contributed by atoms with Crippen molar-refractivity contribution in [2.75, 3.05) is 25.5 Å². The molecule has 0 atom stereocenters. The fourth-order valence-electron chi connectivity index (χ4n) is 2.56. The Kier molecular flexibility index (Phi) is 4.26. The van der Waals surface area contributed by atoms with Crippen molar-refractivity contribution in [1.82, 2.24) is 9.88 Å². The number of piperidine rings is 1. The molecule has 0 unspecified atom stereocenters. The van der Waals surface area contributed by atoms with Crippen LogP contribution in [0.3, 0.4) is 0 Å². The van der Waals surface area contributed by atoms with Crippen LogP contribution in [0, 0.1) is 11.2 Å². The van der Waals surface area contributed by atoms with Gasteiger partial charge in [-0.1, -0.05) is 20.3 Å². The number of pyridine rings is 1. The molecule has 0 aromatic carbocycles. The molecule has 1 amide bonds. The molecular formula is C15H22FN3O. The quantitative estimate of drug-likeness (QED) is 0.925. The van der Waals surface area contributed by atoms with Gasteiger partial charge in [0.05, 0.1) is 5.56 Å². The first-order valence-electron chi connectivity index (χ1n) is 7.12. The van der Waals surface area contributed by atoms with E-state index in [1.807, 2.05) is 0 Å². The number of rotatable bonds is 3. The van der Waals surface area contributed by atoms with E-state index in [-0.39, 0.29) is 17.3 Å². The Morgan fingerprint density at radius 2 is 2.15 bits per heavy atom. The molecule has 0 radical (unpaired) electrons. The van der Waals surface area contributed by atoms with E-state index in [0.717, 1.165) is 19.3 Å². The van der Waals surface area contributed by atoms with E-state index in [1.54, 1.807) is 11.9 Å². The number of aromatic nitrogens is 1. The number of hydrogen-bond donors (Lipinski definition) is 1. The van der Waals surface area contributed by atoms with Crippen LogP contribution < -0.4 is 5.32 Å². The molecule has 0 aliphatic carbocycles. The summed E-state index contributed by atoms with van der Waals surface area (Å²) in [5, 5.41) is 2.66. The van der Waals surface area contributed by atoms with Crippen molar-refractivity contribution in [1.29, 1.82) is 0 Å². The van der Waals surface area contributed by atoms with Gasteiger partial charge in [-0.15, -0.1) is 0 Å². The van der Waals surface area contributed by atoms with Gasteiger partial charge in [-0.25, -0.2) is 9.37 Å². The van der Waals surface area contributed by atoms with Crippen LogP contribution in [0.25, 0.3) is 0 Å². The first-order valence-corrected chi connectivity index (χ1v) is 7.12. The number of amides is 1. The minimum Gasteiger partial charge on any atom is -0.371 e. The van der Waals surface area contributed by atoms with Crippen molar-refractivity contribution < 1.29 is 9.18 Å². The third-order valence-electron chi connectivity index (χ3n) is 4.47. The normalized spacial score (nSPS) is 17.9. The molecule has 5 heteroatoms. The van der Waals surface area contributed by atoms with Crippen LogP contribution in [0.2, 0.25) is 0 Å². The average molecular weight is 279 g/mol. The maximum atomic E-state index is 14.1. The Morgan fingerprint density at radius 3 is 2.70 bits per heavy atom. The van der Waals surface area contributed by atoms with Gasteiger partial charge in [0.25, 0.3) is 5.91 Å². The van der Waals surface area contributed by atoms with Crippen molar-refractivity contribution in [3.05, 3.63) is 23.6 Å². The smallest absolute Gasteiger partial charge is 0.257 e. The monoisotopic (exact) mass is 279 g/mol. The van der Waals surface area contributed by atoms with Crippen LogP contribution in [0.4, 0.5) is 10.2 Å². The van der Waals surface area contributed by atoms with Gasteiger partial charge in [-0.3, -0.25) is 4.79 Å². The van der Waals surface area contributed by atoms with Crippen molar-refractivity contribution in [3.8, 4) is 0 Å². The van der Waals surface area contributed by atoms with Gasteiger partial charge in [0.2, 0.25) is 0 Å². The number of likely N-dealkylation sites (tertiary alicyclic amines) is 1. The summed E-state index contributed by atoms with van der Waals surface area (Å²) in [6, 6.07) is 1.45. The minimum atomic E-state index is -0.566. The lowest BCUT2D eigenvalue weighted by Crippen LogP contribution is -2.42. The Bertz CT molecular complexity index is 496. The van der Waals surface area contributed by atoms with Crippen LogP contribution in [0.1, 0.15) is 43.5 Å². The standard InChI is InChI=1S/C15H22FN3O/c1-4-15(2)6-9-19(10-7-15)14(20)11-5-8-18-13(17-3)12(11)16/h5,8H,4,6-7,9-10H2,1-3H3,(H,17,18). The molecule has 1 saturated heterocycles. The molecule has 1 N–H and O–H groups in total. The third-order valence-corrected chi connectivity index (χ3v) is 4.47. The summed E-state index contributed by atoms with van der Waals surface area (Å²) in [6.07, 6.45) is 4.52. The van der Waals surface area contributed by atoms with Crippen LogP contribution in [-0.2, 0) is 0 Å². The number of anilines is 1. The van der Waals surface area contributed by atoms with Crippen molar-refractivity contribution in [3.63, 3.8) is 0 Å². The molecule has 0 bridgehead atoms. The third kappa shape index (κ3) is 2.76. The number of halogens is 1. The molecule has 1 aliphatic rings. The summed E-state index contributed by atoms with van der Waals surface area (Å²) in [7, 11) is 1.59. The lowest BCUT2D eigenvalue weighted by Gasteiger charge is -2.39. The Morgan fingerprint density at radius 1 is 1.50 bits per heavy atom. The zero-order valence-electron chi connectivity index (χ0n) is 12.4. The molecule has 1 aliphatic heterocycles. The number of carbonyl (C=O) groups is 1. The Labute approximate surface area is 119 Å². The van der Waals surface area contributed by atoms with Crippen molar-refractivity contribution >= 4 is 11.7 Å². The lowest BCUT2D eigenvalue weighted by molar-refractivity contribution is 0.0596. The first-order chi connectivity index (χ1) is 9.50. The predicted molar refractivity (Wildman–Crippen MR) is 77.3 cm³/mol. The molecule has 20 heavy (non-hydrogen) atoms. The molecule has 1 fully saturated rings. The molecule has 1 aromatic rings. The van der Waals surface area contributed by atoms with Gasteiger partial charge >= 0.3 is 0 Å². The second-order valence-electron chi connectivity index (χ2n) is 5.73. The molecule has 110 valence electrons. The number of nitrogens with one attached hydrogen (secondary N) is 1. The van der Waals surface area contributed by atoms with Crippen LogP contribution in [0.15, 0.2) is 12.3 Å². The van der Waals surface area contributed by atoms with Gasteiger partial charge in [0.1, 0.15) is 0 Å². The van der Waals surface area contributed by atoms with E-state index in [9.17, 15) is 9.18 Å². The average Bonchev–Trinajstić information content (AvgIpc) is 2.47. The zero-order valence-corrected chi connectivity index (χ0v) is 12.4. The van der Waals surface area contributed by atoms with E-state index < -0.39 is 5.82 Å². The topological polar surface area (TPSA) is 45.2 Å². The summed E-state index contributed by atoms with van der Waals surface area (Å²) in [4.78, 5) is 18.0. The van der Waals surface area contributed by atoms with Gasteiger partial charge in [-0.05, 0) is 24.3 Å². The van der Waals surface area contributed by atoms with Crippen molar-refractivity contribution in [2.24, 2.45) is 5.41 Å². The molecule has 2 rings (SSSR count). The molecule has 0 saturated carbocycles. The summed E-state index contributed by atoms with van der Waals surface area (Å²) in [6.45, 7) is 5.82. The van der Waals surface area contributed by atoms with E-state index in [2.05, 4.69) is 24.1 Å². The highest BCUT2D eigenvalue weighted by Crippen LogP contribution is 2.34. The van der Waals surface area contributed by atoms with E-state index >= 15 is 0 Å². The zero-order chi connectivity index (χ0) is 14.8. The number of hydrogen-bond acceptors (Lipinski definition) is 3. The second kappa shape index (κ2) is 5.77. The van der Waals surface area contributed by atoms with Gasteiger partial charge in [-0.2, -0.15) is 0 Å². The van der Waals surface area contributed by atoms with Gasteiger partial charge in [0.15, 0.2) is 11.6 Å². The fraction of sp³-hybridized carbons (Fsp3) is 0.600. The first kappa shape index (κ1) is 14.8. The molecular weight excluding hydrogens is 257 g/mol. The summed E-state index contributed by atoms with van der Waals surface area (Å²) >= 11 is 0. The summed E-state index contributed by atoms with van der Waals surface area (Å²) in [5.41, 5.74) is 0.411. The predicted octanol–water partition coefficient (Wildman–Crippen LogP) is 2.91. The highest BCUT2D eigenvalue weighted by Gasteiger charge is 2.31. The maximum Gasteiger partial charge on any atom is 0.257 e. The molecule has 0 spiro atoms. The maximum absolute atomic E-state index is 14.1. The molecule has 2 heterocycles. The summed E-state index contributed by atoms with van der Waals surface area (Å²) in [5.74, 6) is -0.686. The summed E-state index contributed by atoms with van der Waals surface area (Å²) < 4.78 is 14.1. The minimum absolute atomic E-state index is 0.101. The van der Waals surface area contributed by atoms with Gasteiger partial charge < -0.3 is 10.2 Å². The Balaban J connectivity index is 2.13. The van der Waals surface area contributed by atoms with Crippen LogP contribution in [-0.4, -0.2) is 35.9 Å². The van der Waals surface area contributed by atoms with E-state index in [1.165, 1.54) is 12.3 Å². The Hall–Kier alpha value is -1.65. The fourth-order valence-corrected chi connectivity index (χ4v) is 2.56. The van der Waals surface area contributed by atoms with E-state index in [4.69, 9.17) is 0 Å².